The van der Waals surface area contributed by atoms with Gasteiger partial charge in [-0.05, 0) is 18.4 Å². The van der Waals surface area contributed by atoms with Gasteiger partial charge in [0.05, 0.1) is 25.2 Å². The van der Waals surface area contributed by atoms with Gasteiger partial charge in [-0.2, -0.15) is 0 Å². The predicted molar refractivity (Wildman–Crippen MR) is 77.3 cm³/mol. The largest absolute Gasteiger partial charge is 0.384 e. The van der Waals surface area contributed by atoms with E-state index in [1.807, 2.05) is 30.3 Å². The van der Waals surface area contributed by atoms with Crippen LogP contribution in [0.2, 0.25) is 0 Å². The van der Waals surface area contributed by atoms with E-state index in [1.165, 1.54) is 0 Å². The molecule has 0 bridgehead atoms. The molecule has 4 heteroatoms. The maximum atomic E-state index is 12.1. The van der Waals surface area contributed by atoms with E-state index in [0.29, 0.717) is 26.4 Å². The molecule has 0 spiro atoms. The number of ether oxygens (including phenoxy) is 2. The summed E-state index contributed by atoms with van der Waals surface area (Å²) in [6.45, 7) is 2.18. The molecule has 0 aliphatic heterocycles. The Morgan fingerprint density at radius 2 is 2.05 bits per heavy atom. The normalized spacial score (nSPS) is 16.4. The summed E-state index contributed by atoms with van der Waals surface area (Å²) in [5, 5.41) is 2.95. The molecule has 0 aromatic heterocycles. The number of hydrogen-bond acceptors (Lipinski definition) is 3. The van der Waals surface area contributed by atoms with Crippen molar-refractivity contribution in [3.63, 3.8) is 0 Å². The smallest absolute Gasteiger partial charge is 0.228 e. The quantitative estimate of drug-likeness (QED) is 0.741. The molecule has 0 radical (unpaired) electrons. The van der Waals surface area contributed by atoms with Crippen LogP contribution in [0.3, 0.4) is 0 Å². The zero-order chi connectivity index (χ0) is 14.3. The summed E-state index contributed by atoms with van der Waals surface area (Å²) in [6, 6.07) is 10.0. The van der Waals surface area contributed by atoms with Crippen LogP contribution in [-0.2, 0) is 20.9 Å². The minimum absolute atomic E-state index is 0.105. The molecule has 0 atom stereocenters. The Morgan fingerprint density at radius 3 is 2.65 bits per heavy atom. The zero-order valence-electron chi connectivity index (χ0n) is 12.1. The summed E-state index contributed by atoms with van der Waals surface area (Å²) < 4.78 is 10.7. The second-order valence-corrected chi connectivity index (χ2v) is 5.36. The second kappa shape index (κ2) is 7.41. The van der Waals surface area contributed by atoms with Crippen LogP contribution in [0.4, 0.5) is 0 Å². The lowest BCUT2D eigenvalue weighted by atomic mass is 9.68. The summed E-state index contributed by atoms with van der Waals surface area (Å²) >= 11 is 0. The monoisotopic (exact) mass is 277 g/mol. The Balaban J connectivity index is 1.62. The molecule has 1 amide bonds. The van der Waals surface area contributed by atoms with Crippen molar-refractivity contribution in [3.8, 4) is 0 Å². The SMILES string of the molecule is COCC1(C(=O)NCCOCc2ccccc2)CCC1. The van der Waals surface area contributed by atoms with Gasteiger partial charge in [0.25, 0.3) is 0 Å². The predicted octanol–water partition coefficient (Wildman–Crippen LogP) is 2.14. The second-order valence-electron chi connectivity index (χ2n) is 5.36. The fraction of sp³-hybridized carbons (Fsp3) is 0.562. The van der Waals surface area contributed by atoms with Crippen molar-refractivity contribution in [2.75, 3.05) is 26.9 Å². The Bertz CT molecular complexity index is 415. The van der Waals surface area contributed by atoms with Gasteiger partial charge in [0.1, 0.15) is 0 Å². The van der Waals surface area contributed by atoms with Gasteiger partial charge >= 0.3 is 0 Å². The standard InChI is InChI=1S/C16H23NO3/c1-19-13-16(8-5-9-16)15(18)17-10-11-20-12-14-6-3-2-4-7-14/h2-4,6-7H,5,8-13H2,1H3,(H,17,18). The molecule has 1 aromatic rings. The van der Waals surface area contributed by atoms with Gasteiger partial charge in [0.15, 0.2) is 0 Å². The van der Waals surface area contributed by atoms with Crippen molar-refractivity contribution in [3.05, 3.63) is 35.9 Å². The van der Waals surface area contributed by atoms with Crippen molar-refractivity contribution in [2.24, 2.45) is 5.41 Å². The molecule has 1 aliphatic rings. The third-order valence-electron chi connectivity index (χ3n) is 3.86. The number of amides is 1. The molecule has 1 N–H and O–H groups in total. The molecule has 2 rings (SSSR count). The van der Waals surface area contributed by atoms with Gasteiger partial charge < -0.3 is 14.8 Å². The first kappa shape index (κ1) is 15.0. The molecule has 0 heterocycles. The maximum Gasteiger partial charge on any atom is 0.228 e. The molecule has 1 fully saturated rings. The molecule has 0 unspecified atom stereocenters. The highest BCUT2D eigenvalue weighted by atomic mass is 16.5. The van der Waals surface area contributed by atoms with Gasteiger partial charge in [-0.15, -0.1) is 0 Å². The number of methoxy groups -OCH3 is 1. The lowest BCUT2D eigenvalue weighted by molar-refractivity contribution is -0.140. The van der Waals surface area contributed by atoms with Gasteiger partial charge in [0, 0.05) is 13.7 Å². The Morgan fingerprint density at radius 1 is 1.30 bits per heavy atom. The highest BCUT2D eigenvalue weighted by Gasteiger charge is 2.43. The van der Waals surface area contributed by atoms with E-state index in [2.05, 4.69) is 5.32 Å². The fourth-order valence-corrected chi connectivity index (χ4v) is 2.51. The first-order valence-corrected chi connectivity index (χ1v) is 7.16. The van der Waals surface area contributed by atoms with Gasteiger partial charge in [-0.25, -0.2) is 0 Å². The molecule has 1 aromatic carbocycles. The van der Waals surface area contributed by atoms with E-state index in [-0.39, 0.29) is 11.3 Å². The first-order valence-electron chi connectivity index (χ1n) is 7.16. The molecular weight excluding hydrogens is 254 g/mol. The van der Waals surface area contributed by atoms with Crippen LogP contribution in [0, 0.1) is 5.41 Å². The molecule has 4 nitrogen and oxygen atoms in total. The summed E-state index contributed by atoms with van der Waals surface area (Å²) in [5.74, 6) is 0.105. The van der Waals surface area contributed by atoms with Crippen molar-refractivity contribution < 1.29 is 14.3 Å². The number of hydrogen-bond donors (Lipinski definition) is 1. The van der Waals surface area contributed by atoms with Gasteiger partial charge in [0.2, 0.25) is 5.91 Å². The van der Waals surface area contributed by atoms with Crippen molar-refractivity contribution >= 4 is 5.91 Å². The first-order chi connectivity index (χ1) is 9.77. The van der Waals surface area contributed by atoms with Crippen LogP contribution < -0.4 is 5.32 Å². The van der Waals surface area contributed by atoms with Gasteiger partial charge in [-0.3, -0.25) is 4.79 Å². The van der Waals surface area contributed by atoms with E-state index in [1.54, 1.807) is 7.11 Å². The third-order valence-corrected chi connectivity index (χ3v) is 3.86. The van der Waals surface area contributed by atoms with Crippen LogP contribution in [-0.4, -0.2) is 32.8 Å². The minimum atomic E-state index is -0.284. The van der Waals surface area contributed by atoms with E-state index in [9.17, 15) is 4.79 Å². The molecule has 20 heavy (non-hydrogen) atoms. The Labute approximate surface area is 120 Å². The van der Waals surface area contributed by atoms with E-state index in [0.717, 1.165) is 24.8 Å². The van der Waals surface area contributed by atoms with Crippen LogP contribution in [0.15, 0.2) is 30.3 Å². The van der Waals surface area contributed by atoms with Gasteiger partial charge in [-0.1, -0.05) is 36.8 Å². The number of carbonyl (C=O) groups is 1. The molecule has 1 saturated carbocycles. The van der Waals surface area contributed by atoms with E-state index >= 15 is 0 Å². The summed E-state index contributed by atoms with van der Waals surface area (Å²) in [4.78, 5) is 12.1. The lowest BCUT2D eigenvalue weighted by Crippen LogP contribution is -2.49. The molecule has 0 saturated heterocycles. The fourth-order valence-electron chi connectivity index (χ4n) is 2.51. The van der Waals surface area contributed by atoms with Crippen LogP contribution in [0.5, 0.6) is 0 Å². The van der Waals surface area contributed by atoms with E-state index < -0.39 is 0 Å². The zero-order valence-corrected chi connectivity index (χ0v) is 12.1. The summed E-state index contributed by atoms with van der Waals surface area (Å²) in [7, 11) is 1.65. The lowest BCUT2D eigenvalue weighted by Gasteiger charge is -2.39. The van der Waals surface area contributed by atoms with E-state index in [4.69, 9.17) is 9.47 Å². The highest BCUT2D eigenvalue weighted by molar-refractivity contribution is 5.83. The minimum Gasteiger partial charge on any atom is -0.384 e. The van der Waals surface area contributed by atoms with Crippen molar-refractivity contribution in [1.82, 2.24) is 5.32 Å². The number of nitrogens with one attached hydrogen (secondary N) is 1. The van der Waals surface area contributed by atoms with Crippen LogP contribution in [0.25, 0.3) is 0 Å². The average molecular weight is 277 g/mol. The highest BCUT2D eigenvalue weighted by Crippen LogP contribution is 2.41. The number of carbonyl (C=O) groups excluding carboxylic acids is 1. The third kappa shape index (κ3) is 3.81. The van der Waals surface area contributed by atoms with Crippen LogP contribution in [0.1, 0.15) is 24.8 Å². The summed E-state index contributed by atoms with van der Waals surface area (Å²) in [5.41, 5.74) is 0.863. The Kier molecular flexibility index (Phi) is 5.56. The molecule has 1 aliphatic carbocycles. The van der Waals surface area contributed by atoms with Crippen LogP contribution >= 0.6 is 0 Å². The average Bonchev–Trinajstić information content (AvgIpc) is 2.43. The van der Waals surface area contributed by atoms with Crippen molar-refractivity contribution in [1.29, 1.82) is 0 Å². The number of benzene rings is 1. The Hall–Kier alpha value is -1.39. The molecule has 110 valence electrons. The number of rotatable bonds is 8. The van der Waals surface area contributed by atoms with Crippen molar-refractivity contribution in [2.45, 2.75) is 25.9 Å². The maximum absolute atomic E-state index is 12.1. The molecular formula is C16H23NO3. The topological polar surface area (TPSA) is 47.6 Å². The summed E-state index contributed by atoms with van der Waals surface area (Å²) in [6.07, 6.45) is 2.97.